The molecular weight excluding hydrogens is 412 g/mol. The Morgan fingerprint density at radius 3 is 2.28 bits per heavy atom. The van der Waals surface area contributed by atoms with Crippen LogP contribution >= 0.6 is 11.3 Å². The molecule has 32 heavy (non-hydrogen) atoms. The van der Waals surface area contributed by atoms with Gasteiger partial charge >= 0.3 is 0 Å². The maximum atomic E-state index is 4.89. The molecule has 0 radical (unpaired) electrons. The van der Waals surface area contributed by atoms with Crippen LogP contribution in [0.5, 0.6) is 0 Å². The van der Waals surface area contributed by atoms with Crippen LogP contribution in [0.4, 0.5) is 0 Å². The van der Waals surface area contributed by atoms with Crippen molar-refractivity contribution < 1.29 is 0 Å². The SMILES string of the molecule is c1ccc(-c2ncnc(-n3c4ccccc4c4ccc5c6ccccc6sc5c43)n2)cc1. The third kappa shape index (κ3) is 2.46. The molecule has 4 nitrogen and oxygen atoms in total. The van der Waals surface area contributed by atoms with Crippen molar-refractivity contribution >= 4 is 53.3 Å². The van der Waals surface area contributed by atoms with E-state index >= 15 is 0 Å². The Hall–Kier alpha value is -4.09. The van der Waals surface area contributed by atoms with Gasteiger partial charge in [0.25, 0.3) is 0 Å². The third-order valence-corrected chi connectivity index (χ3v) is 7.16. The predicted octanol–water partition coefficient (Wildman–Crippen LogP) is 7.00. The van der Waals surface area contributed by atoms with Gasteiger partial charge < -0.3 is 0 Å². The van der Waals surface area contributed by atoms with Crippen LogP contribution < -0.4 is 0 Å². The summed E-state index contributed by atoms with van der Waals surface area (Å²) in [6, 6.07) is 31.6. The maximum Gasteiger partial charge on any atom is 0.238 e. The van der Waals surface area contributed by atoms with Crippen LogP contribution in [0, 0.1) is 0 Å². The van der Waals surface area contributed by atoms with Crippen LogP contribution in [0.2, 0.25) is 0 Å². The molecule has 0 saturated heterocycles. The highest BCUT2D eigenvalue weighted by atomic mass is 32.1. The summed E-state index contributed by atoms with van der Waals surface area (Å²) in [6.07, 6.45) is 1.61. The van der Waals surface area contributed by atoms with E-state index in [1.54, 1.807) is 6.33 Å². The Kier molecular flexibility index (Phi) is 3.68. The summed E-state index contributed by atoms with van der Waals surface area (Å²) in [4.78, 5) is 13.9. The van der Waals surface area contributed by atoms with Crippen molar-refractivity contribution in [3.05, 3.63) is 97.3 Å². The second-order valence-corrected chi connectivity index (χ2v) is 8.82. The van der Waals surface area contributed by atoms with E-state index in [2.05, 4.69) is 75.2 Å². The number of aromatic nitrogens is 4. The minimum absolute atomic E-state index is 0.634. The molecular formula is C27H16N4S. The van der Waals surface area contributed by atoms with Gasteiger partial charge in [0.05, 0.1) is 15.7 Å². The molecule has 0 atom stereocenters. The van der Waals surface area contributed by atoms with E-state index in [9.17, 15) is 0 Å². The number of fused-ring (bicyclic) bond motifs is 7. The van der Waals surface area contributed by atoms with Gasteiger partial charge in [0.15, 0.2) is 5.82 Å². The predicted molar refractivity (Wildman–Crippen MR) is 132 cm³/mol. The van der Waals surface area contributed by atoms with E-state index in [-0.39, 0.29) is 0 Å². The second kappa shape index (κ2) is 6.70. The number of rotatable bonds is 2. The minimum Gasteiger partial charge on any atom is -0.276 e. The highest BCUT2D eigenvalue weighted by Gasteiger charge is 2.19. The van der Waals surface area contributed by atoms with Crippen molar-refractivity contribution in [2.24, 2.45) is 0 Å². The standard InChI is InChI=1S/C27H16N4S/c1-2-8-17(9-3-1)26-28-16-29-27(30-26)31-22-12-6-4-10-18(22)20-14-15-21-19-11-5-7-13-23(19)32-25(21)24(20)31/h1-16H. The normalized spacial score (nSPS) is 11.8. The molecule has 0 fully saturated rings. The molecule has 0 saturated carbocycles. The minimum atomic E-state index is 0.634. The Morgan fingerprint density at radius 1 is 0.625 bits per heavy atom. The van der Waals surface area contributed by atoms with E-state index in [0.717, 1.165) is 16.6 Å². The summed E-state index contributed by atoms with van der Waals surface area (Å²) in [5.74, 6) is 1.31. The maximum absolute atomic E-state index is 4.89. The fraction of sp³-hybridized carbons (Fsp3) is 0. The molecule has 5 heteroatoms. The fourth-order valence-electron chi connectivity index (χ4n) is 4.56. The summed E-state index contributed by atoms with van der Waals surface area (Å²) in [5, 5.41) is 4.95. The van der Waals surface area contributed by atoms with Crippen LogP contribution in [0.3, 0.4) is 0 Å². The Bertz CT molecular complexity index is 1780. The third-order valence-electron chi connectivity index (χ3n) is 5.97. The average Bonchev–Trinajstić information content (AvgIpc) is 3.41. The van der Waals surface area contributed by atoms with Gasteiger partial charge in [0, 0.05) is 31.8 Å². The molecule has 0 aliphatic rings. The lowest BCUT2D eigenvalue weighted by Crippen LogP contribution is -2.03. The first-order valence-electron chi connectivity index (χ1n) is 10.5. The van der Waals surface area contributed by atoms with E-state index < -0.39 is 0 Å². The Balaban J connectivity index is 1.63. The summed E-state index contributed by atoms with van der Waals surface area (Å²) in [7, 11) is 0. The zero-order chi connectivity index (χ0) is 21.1. The molecule has 3 heterocycles. The van der Waals surface area contributed by atoms with Crippen molar-refractivity contribution in [2.75, 3.05) is 0 Å². The van der Waals surface area contributed by atoms with Crippen LogP contribution in [0.25, 0.3) is 59.3 Å². The van der Waals surface area contributed by atoms with Gasteiger partial charge in [0.1, 0.15) is 6.33 Å². The van der Waals surface area contributed by atoms with Crippen molar-refractivity contribution in [1.82, 2.24) is 19.5 Å². The second-order valence-electron chi connectivity index (χ2n) is 7.76. The molecule has 3 aromatic heterocycles. The topological polar surface area (TPSA) is 43.6 Å². The van der Waals surface area contributed by atoms with Crippen LogP contribution in [0.1, 0.15) is 0 Å². The van der Waals surface area contributed by atoms with Crippen LogP contribution in [-0.2, 0) is 0 Å². The van der Waals surface area contributed by atoms with Gasteiger partial charge in [-0.3, -0.25) is 4.57 Å². The van der Waals surface area contributed by atoms with Gasteiger partial charge in [-0.2, -0.15) is 4.98 Å². The first kappa shape index (κ1) is 17.6. The lowest BCUT2D eigenvalue weighted by molar-refractivity contribution is 0.948. The molecule has 0 unspecified atom stereocenters. The van der Waals surface area contributed by atoms with Crippen molar-refractivity contribution in [3.8, 4) is 17.3 Å². The molecule has 7 aromatic rings. The molecule has 0 aliphatic carbocycles. The molecule has 0 amide bonds. The summed E-state index contributed by atoms with van der Waals surface area (Å²) in [5.41, 5.74) is 3.22. The zero-order valence-electron chi connectivity index (χ0n) is 16.9. The highest BCUT2D eigenvalue weighted by Crippen LogP contribution is 2.42. The lowest BCUT2D eigenvalue weighted by Gasteiger charge is -2.08. The van der Waals surface area contributed by atoms with Gasteiger partial charge in [-0.15, -0.1) is 11.3 Å². The summed E-state index contributed by atoms with van der Waals surface area (Å²) < 4.78 is 4.73. The smallest absolute Gasteiger partial charge is 0.238 e. The van der Waals surface area contributed by atoms with Gasteiger partial charge in [-0.25, -0.2) is 9.97 Å². The molecule has 150 valence electrons. The highest BCUT2D eigenvalue weighted by molar-refractivity contribution is 7.26. The molecule has 4 aromatic carbocycles. The average molecular weight is 429 g/mol. The molecule has 7 rings (SSSR count). The van der Waals surface area contributed by atoms with E-state index in [1.165, 1.54) is 30.9 Å². The fourth-order valence-corrected chi connectivity index (χ4v) is 5.80. The van der Waals surface area contributed by atoms with Crippen molar-refractivity contribution in [1.29, 1.82) is 0 Å². The first-order valence-corrected chi connectivity index (χ1v) is 11.3. The van der Waals surface area contributed by atoms with Crippen LogP contribution in [-0.4, -0.2) is 19.5 Å². The number of nitrogens with zero attached hydrogens (tertiary/aromatic N) is 4. The number of thiophene rings is 1. The molecule has 0 bridgehead atoms. The lowest BCUT2D eigenvalue weighted by atomic mass is 10.1. The molecule has 0 aliphatic heterocycles. The largest absolute Gasteiger partial charge is 0.276 e. The first-order chi connectivity index (χ1) is 15.9. The van der Waals surface area contributed by atoms with E-state index in [4.69, 9.17) is 4.98 Å². The van der Waals surface area contributed by atoms with Crippen molar-refractivity contribution in [3.63, 3.8) is 0 Å². The van der Waals surface area contributed by atoms with E-state index in [0.29, 0.717) is 11.8 Å². The number of benzene rings is 4. The summed E-state index contributed by atoms with van der Waals surface area (Å²) >= 11 is 1.82. The van der Waals surface area contributed by atoms with Gasteiger partial charge in [-0.1, -0.05) is 78.9 Å². The quantitative estimate of drug-likeness (QED) is 0.298. The number of para-hydroxylation sites is 1. The molecule has 0 N–H and O–H groups in total. The van der Waals surface area contributed by atoms with Gasteiger partial charge in [-0.05, 0) is 12.1 Å². The van der Waals surface area contributed by atoms with Crippen molar-refractivity contribution in [2.45, 2.75) is 0 Å². The van der Waals surface area contributed by atoms with E-state index in [1.807, 2.05) is 41.7 Å². The number of hydrogen-bond acceptors (Lipinski definition) is 4. The van der Waals surface area contributed by atoms with Crippen LogP contribution in [0.15, 0.2) is 97.3 Å². The summed E-state index contributed by atoms with van der Waals surface area (Å²) in [6.45, 7) is 0. The Labute approximate surface area is 187 Å². The molecule has 0 spiro atoms. The van der Waals surface area contributed by atoms with Gasteiger partial charge in [0.2, 0.25) is 5.95 Å². The Morgan fingerprint density at radius 2 is 1.38 bits per heavy atom. The zero-order valence-corrected chi connectivity index (χ0v) is 17.8. The monoisotopic (exact) mass is 428 g/mol. The number of hydrogen-bond donors (Lipinski definition) is 0.